The third kappa shape index (κ3) is 3.71. The molecule has 8 heteroatoms. The van der Waals surface area contributed by atoms with Gasteiger partial charge in [0.05, 0.1) is 17.4 Å². The number of fused-ring (bicyclic) bond motifs is 3. The second kappa shape index (κ2) is 7.34. The first-order valence-corrected chi connectivity index (χ1v) is 9.63. The molecule has 3 aliphatic rings. The number of carbonyl (C=O) groups excluding carboxylic acids is 1. The van der Waals surface area contributed by atoms with E-state index in [0.717, 1.165) is 25.7 Å². The molecule has 1 aromatic rings. The van der Waals surface area contributed by atoms with Crippen LogP contribution >= 0.6 is 0 Å². The van der Waals surface area contributed by atoms with Gasteiger partial charge in [0.1, 0.15) is 13.2 Å². The lowest BCUT2D eigenvalue weighted by Crippen LogP contribution is -2.54. The molecule has 0 spiro atoms. The Bertz CT molecular complexity index is 739. The van der Waals surface area contributed by atoms with E-state index in [1.165, 1.54) is 12.5 Å². The number of benzene rings is 1. The zero-order valence-electron chi connectivity index (χ0n) is 15.2. The van der Waals surface area contributed by atoms with Crippen LogP contribution in [0.5, 0.6) is 11.5 Å². The Morgan fingerprint density at radius 2 is 1.81 bits per heavy atom. The minimum Gasteiger partial charge on any atom is -0.486 e. The van der Waals surface area contributed by atoms with E-state index >= 15 is 0 Å². The summed E-state index contributed by atoms with van der Waals surface area (Å²) in [6.07, 6.45) is 5.17. The lowest BCUT2D eigenvalue weighted by Gasteiger charge is -2.45. The summed E-state index contributed by atoms with van der Waals surface area (Å²) in [6.45, 7) is 0.749. The van der Waals surface area contributed by atoms with Crippen molar-refractivity contribution >= 4 is 11.6 Å². The van der Waals surface area contributed by atoms with E-state index in [-0.39, 0.29) is 30.1 Å². The van der Waals surface area contributed by atoms with Crippen molar-refractivity contribution in [3.8, 4) is 11.5 Å². The van der Waals surface area contributed by atoms with Gasteiger partial charge in [-0.25, -0.2) is 0 Å². The van der Waals surface area contributed by atoms with Gasteiger partial charge in [0.15, 0.2) is 11.5 Å². The van der Waals surface area contributed by atoms with E-state index in [4.69, 9.17) is 15.2 Å². The Labute approximate surface area is 157 Å². The van der Waals surface area contributed by atoms with Crippen LogP contribution in [0.4, 0.5) is 5.69 Å². The van der Waals surface area contributed by atoms with Crippen molar-refractivity contribution < 1.29 is 19.2 Å². The maximum absolute atomic E-state index is 12.7. The average molecular weight is 375 g/mol. The van der Waals surface area contributed by atoms with E-state index in [1.54, 1.807) is 6.07 Å². The predicted molar refractivity (Wildman–Crippen MR) is 97.8 cm³/mol. The van der Waals surface area contributed by atoms with Crippen molar-refractivity contribution in [2.75, 3.05) is 13.2 Å². The van der Waals surface area contributed by atoms with E-state index in [2.05, 4.69) is 5.32 Å². The molecule has 2 bridgehead atoms. The third-order valence-corrected chi connectivity index (χ3v) is 6.00. The highest BCUT2D eigenvalue weighted by Crippen LogP contribution is 2.40. The minimum absolute atomic E-state index is 0.0467. The highest BCUT2D eigenvalue weighted by atomic mass is 16.6. The van der Waals surface area contributed by atoms with Gasteiger partial charge in [-0.2, -0.15) is 0 Å². The minimum atomic E-state index is -0.477. The monoisotopic (exact) mass is 375 g/mol. The molecular weight excluding hydrogens is 350 g/mol. The van der Waals surface area contributed by atoms with Gasteiger partial charge in [-0.05, 0) is 43.6 Å². The summed E-state index contributed by atoms with van der Waals surface area (Å²) in [5, 5.41) is 14.6. The van der Waals surface area contributed by atoms with E-state index in [1.807, 2.05) is 0 Å². The maximum Gasteiger partial charge on any atom is 0.277 e. The molecule has 1 amide bonds. The van der Waals surface area contributed by atoms with Crippen LogP contribution < -0.4 is 20.5 Å². The number of nitrogens with two attached hydrogens (primary N) is 1. The van der Waals surface area contributed by atoms with Crippen molar-refractivity contribution in [2.24, 2.45) is 17.6 Å². The van der Waals surface area contributed by atoms with Gasteiger partial charge in [0.2, 0.25) is 5.91 Å². The zero-order chi connectivity index (χ0) is 19.0. The second-order valence-electron chi connectivity index (χ2n) is 7.83. The topological polar surface area (TPSA) is 117 Å². The molecule has 1 aromatic carbocycles. The number of amides is 1. The summed E-state index contributed by atoms with van der Waals surface area (Å²) in [5.41, 5.74) is 6.38. The Kier molecular flexibility index (Phi) is 4.90. The standard InChI is InChI=1S/C19H25N3O5/c20-14-6-11-2-1-3-12(7-14)19(11)21-18(23)9-13-8-16-17(27-5-4-26-16)10-15(13)22(24)25/h8,10-12,14,19H,1-7,9,20H2,(H,21,23). The van der Waals surface area contributed by atoms with Gasteiger partial charge in [-0.1, -0.05) is 6.42 Å². The van der Waals surface area contributed by atoms with Gasteiger partial charge < -0.3 is 20.5 Å². The molecule has 2 atom stereocenters. The van der Waals surface area contributed by atoms with Crippen LogP contribution in [0.25, 0.3) is 0 Å². The van der Waals surface area contributed by atoms with Crippen molar-refractivity contribution in [3.63, 3.8) is 0 Å². The highest BCUT2D eigenvalue weighted by Gasteiger charge is 2.40. The van der Waals surface area contributed by atoms with E-state index in [9.17, 15) is 14.9 Å². The first kappa shape index (κ1) is 18.0. The van der Waals surface area contributed by atoms with Crippen LogP contribution in [-0.4, -0.2) is 36.1 Å². The molecule has 8 nitrogen and oxygen atoms in total. The molecule has 3 N–H and O–H groups in total. The Morgan fingerprint density at radius 1 is 1.19 bits per heavy atom. The quantitative estimate of drug-likeness (QED) is 0.613. The van der Waals surface area contributed by atoms with Gasteiger partial charge in [0, 0.05) is 17.6 Å². The van der Waals surface area contributed by atoms with E-state index in [0.29, 0.717) is 42.1 Å². The number of carbonyl (C=O) groups is 1. The number of nitrogens with one attached hydrogen (secondary N) is 1. The first-order chi connectivity index (χ1) is 13.0. The molecule has 0 aromatic heterocycles. The molecule has 2 saturated carbocycles. The smallest absolute Gasteiger partial charge is 0.277 e. The summed E-state index contributed by atoms with van der Waals surface area (Å²) in [6, 6.07) is 3.25. The first-order valence-electron chi connectivity index (χ1n) is 9.63. The Morgan fingerprint density at radius 3 is 2.44 bits per heavy atom. The van der Waals surface area contributed by atoms with Crippen LogP contribution in [0.15, 0.2) is 12.1 Å². The fourth-order valence-electron chi connectivity index (χ4n) is 4.87. The van der Waals surface area contributed by atoms with Gasteiger partial charge in [0.25, 0.3) is 5.69 Å². The summed E-state index contributed by atoms with van der Waals surface area (Å²) >= 11 is 0. The molecule has 4 rings (SSSR count). The molecule has 1 aliphatic heterocycles. The van der Waals surface area contributed by atoms with Crippen LogP contribution in [0.1, 0.15) is 37.7 Å². The number of nitrogens with zero attached hydrogens (tertiary/aromatic N) is 1. The number of hydrogen-bond acceptors (Lipinski definition) is 6. The van der Waals surface area contributed by atoms with Crippen molar-refractivity contribution in [1.29, 1.82) is 0 Å². The van der Waals surface area contributed by atoms with Crippen LogP contribution in [0.3, 0.4) is 0 Å². The van der Waals surface area contributed by atoms with Gasteiger partial charge in [-0.3, -0.25) is 14.9 Å². The normalized spacial score (nSPS) is 29.1. The number of ether oxygens (including phenoxy) is 2. The summed E-state index contributed by atoms with van der Waals surface area (Å²) in [7, 11) is 0. The third-order valence-electron chi connectivity index (χ3n) is 6.00. The fourth-order valence-corrected chi connectivity index (χ4v) is 4.87. The lowest BCUT2D eigenvalue weighted by atomic mass is 9.67. The van der Waals surface area contributed by atoms with Crippen molar-refractivity contribution in [3.05, 3.63) is 27.8 Å². The van der Waals surface area contributed by atoms with Crippen molar-refractivity contribution in [1.82, 2.24) is 5.32 Å². The Balaban J connectivity index is 1.50. The lowest BCUT2D eigenvalue weighted by molar-refractivity contribution is -0.385. The number of hydrogen-bond donors (Lipinski definition) is 2. The number of nitro benzene ring substituents is 1. The molecule has 0 saturated heterocycles. The molecule has 1 heterocycles. The van der Waals surface area contributed by atoms with Gasteiger partial charge in [-0.15, -0.1) is 0 Å². The number of nitro groups is 1. The molecular formula is C19H25N3O5. The summed E-state index contributed by atoms with van der Waals surface area (Å²) < 4.78 is 10.9. The summed E-state index contributed by atoms with van der Waals surface area (Å²) in [5.74, 6) is 1.44. The number of rotatable bonds is 4. The van der Waals surface area contributed by atoms with Gasteiger partial charge >= 0.3 is 0 Å². The second-order valence-corrected chi connectivity index (χ2v) is 7.83. The molecule has 0 radical (unpaired) electrons. The van der Waals surface area contributed by atoms with Crippen molar-refractivity contribution in [2.45, 2.75) is 50.6 Å². The maximum atomic E-state index is 12.7. The Hall–Kier alpha value is -2.35. The van der Waals surface area contributed by atoms with Crippen LogP contribution in [-0.2, 0) is 11.2 Å². The van der Waals surface area contributed by atoms with E-state index < -0.39 is 4.92 Å². The van der Waals surface area contributed by atoms with Crippen LogP contribution in [0, 0.1) is 22.0 Å². The SMILES string of the molecule is NC1CC2CCCC(C1)C2NC(=O)Cc1cc2c(cc1[N+](=O)[O-])OCCO2. The molecule has 2 aliphatic carbocycles. The predicted octanol–water partition coefficient (Wildman–Crippen LogP) is 1.93. The largest absolute Gasteiger partial charge is 0.486 e. The molecule has 27 heavy (non-hydrogen) atoms. The molecule has 2 fully saturated rings. The molecule has 2 unspecified atom stereocenters. The zero-order valence-corrected chi connectivity index (χ0v) is 15.2. The average Bonchev–Trinajstić information content (AvgIpc) is 2.61. The fraction of sp³-hybridized carbons (Fsp3) is 0.632. The highest BCUT2D eigenvalue weighted by molar-refractivity contribution is 5.80. The molecule has 146 valence electrons. The summed E-state index contributed by atoms with van der Waals surface area (Å²) in [4.78, 5) is 23.7. The van der Waals surface area contributed by atoms with Crippen LogP contribution in [0.2, 0.25) is 0 Å².